The molecule has 1 saturated heterocycles. The SMILES string of the molecule is Cc1ccc2cc1-c1cnn3ccc(nc13)NCCN1CCC(CC1)N2. The molecule has 2 N–H and O–H groups in total. The van der Waals surface area contributed by atoms with Gasteiger partial charge in [0.1, 0.15) is 5.82 Å². The van der Waals surface area contributed by atoms with E-state index in [-0.39, 0.29) is 0 Å². The monoisotopic (exact) mass is 348 g/mol. The molecule has 6 heteroatoms. The van der Waals surface area contributed by atoms with Crippen molar-refractivity contribution in [2.24, 2.45) is 0 Å². The highest BCUT2D eigenvalue weighted by Gasteiger charge is 2.20. The fraction of sp³-hybridized carbons (Fsp3) is 0.400. The Kier molecular flexibility index (Phi) is 3.78. The summed E-state index contributed by atoms with van der Waals surface area (Å²) in [4.78, 5) is 7.37. The van der Waals surface area contributed by atoms with E-state index in [9.17, 15) is 0 Å². The quantitative estimate of drug-likeness (QED) is 0.654. The Balaban J connectivity index is 1.63. The van der Waals surface area contributed by atoms with Crippen LogP contribution < -0.4 is 10.6 Å². The van der Waals surface area contributed by atoms with Crippen molar-refractivity contribution >= 4 is 17.2 Å². The van der Waals surface area contributed by atoms with E-state index in [1.54, 1.807) is 0 Å². The summed E-state index contributed by atoms with van der Waals surface area (Å²) in [5, 5.41) is 11.7. The number of aryl methyl sites for hydroxylation is 1. The second kappa shape index (κ2) is 6.29. The van der Waals surface area contributed by atoms with Crippen LogP contribution >= 0.6 is 0 Å². The van der Waals surface area contributed by atoms with Crippen molar-refractivity contribution in [2.45, 2.75) is 25.8 Å². The predicted octanol–water partition coefficient (Wildman–Crippen LogP) is 3.01. The van der Waals surface area contributed by atoms with Crippen LogP contribution in [0.5, 0.6) is 0 Å². The number of hydrogen-bond acceptors (Lipinski definition) is 5. The number of nitrogens with one attached hydrogen (secondary N) is 2. The first-order valence-electron chi connectivity index (χ1n) is 9.44. The molecule has 1 aromatic carbocycles. The summed E-state index contributed by atoms with van der Waals surface area (Å²) in [5.74, 6) is 0.913. The van der Waals surface area contributed by atoms with E-state index in [0.717, 1.165) is 43.2 Å². The van der Waals surface area contributed by atoms with Gasteiger partial charge in [0.15, 0.2) is 5.65 Å². The van der Waals surface area contributed by atoms with Crippen LogP contribution in [0.25, 0.3) is 16.8 Å². The van der Waals surface area contributed by atoms with E-state index in [1.165, 1.54) is 29.7 Å². The van der Waals surface area contributed by atoms with Crippen molar-refractivity contribution in [3.63, 3.8) is 0 Å². The Labute approximate surface area is 153 Å². The minimum Gasteiger partial charge on any atom is -0.382 e. The van der Waals surface area contributed by atoms with Gasteiger partial charge in [0, 0.05) is 49.7 Å². The molecule has 0 radical (unpaired) electrons. The van der Waals surface area contributed by atoms with E-state index in [2.05, 4.69) is 45.8 Å². The first-order chi connectivity index (χ1) is 12.8. The van der Waals surface area contributed by atoms with Crippen molar-refractivity contribution in [3.05, 3.63) is 42.2 Å². The molecule has 0 aliphatic carbocycles. The predicted molar refractivity (Wildman–Crippen MR) is 105 cm³/mol. The number of benzene rings is 1. The zero-order valence-corrected chi connectivity index (χ0v) is 15.1. The number of hydrogen-bond donors (Lipinski definition) is 2. The normalized spacial score (nSPS) is 22.5. The highest BCUT2D eigenvalue weighted by atomic mass is 15.3. The minimum absolute atomic E-state index is 0.547. The average molecular weight is 348 g/mol. The lowest BCUT2D eigenvalue weighted by molar-refractivity contribution is 0.226. The molecule has 0 spiro atoms. The Bertz CT molecular complexity index is 939. The molecule has 26 heavy (non-hydrogen) atoms. The van der Waals surface area contributed by atoms with Gasteiger partial charge in [-0.1, -0.05) is 6.07 Å². The van der Waals surface area contributed by atoms with Gasteiger partial charge in [0.05, 0.1) is 6.20 Å². The summed E-state index contributed by atoms with van der Waals surface area (Å²) in [6, 6.07) is 9.18. The summed E-state index contributed by atoms with van der Waals surface area (Å²) >= 11 is 0. The van der Waals surface area contributed by atoms with Gasteiger partial charge in [0.2, 0.25) is 0 Å². The maximum absolute atomic E-state index is 4.83. The van der Waals surface area contributed by atoms with E-state index in [0.29, 0.717) is 6.04 Å². The van der Waals surface area contributed by atoms with E-state index in [1.807, 2.05) is 23.0 Å². The lowest BCUT2D eigenvalue weighted by Gasteiger charge is -2.33. The molecule has 6 bridgehead atoms. The number of nitrogens with zero attached hydrogens (tertiary/aromatic N) is 4. The molecule has 5 heterocycles. The third-order valence-corrected chi connectivity index (χ3v) is 5.59. The van der Waals surface area contributed by atoms with Gasteiger partial charge in [-0.05, 0) is 49.1 Å². The van der Waals surface area contributed by atoms with Gasteiger partial charge in [-0.25, -0.2) is 9.50 Å². The number of rotatable bonds is 0. The summed E-state index contributed by atoms with van der Waals surface area (Å²) in [6.07, 6.45) is 6.28. The molecular weight excluding hydrogens is 324 g/mol. The van der Waals surface area contributed by atoms with Crippen LogP contribution in [0.1, 0.15) is 18.4 Å². The van der Waals surface area contributed by atoms with Crippen LogP contribution in [0.15, 0.2) is 36.7 Å². The maximum Gasteiger partial charge on any atom is 0.165 e. The molecule has 0 atom stereocenters. The van der Waals surface area contributed by atoms with Gasteiger partial charge >= 0.3 is 0 Å². The topological polar surface area (TPSA) is 57.5 Å². The standard InChI is InChI=1S/C20H24N6/c1-14-2-3-16-12-17(14)18-13-22-26-10-6-19(24-20(18)26)21-7-11-25-8-4-15(23-16)5-9-25/h2-3,6,10,12-13,15,23H,4-5,7-9,11H2,1H3,(H,21,24). The fourth-order valence-electron chi connectivity index (χ4n) is 4.04. The third kappa shape index (κ3) is 2.80. The maximum atomic E-state index is 4.83. The van der Waals surface area contributed by atoms with Gasteiger partial charge in [0.25, 0.3) is 0 Å². The van der Waals surface area contributed by atoms with Gasteiger partial charge in [-0.15, -0.1) is 0 Å². The van der Waals surface area contributed by atoms with Crippen molar-refractivity contribution < 1.29 is 0 Å². The lowest BCUT2D eigenvalue weighted by Crippen LogP contribution is -2.41. The molecule has 0 unspecified atom stereocenters. The van der Waals surface area contributed by atoms with E-state index >= 15 is 0 Å². The number of fused-ring (bicyclic) bond motifs is 4. The molecule has 1 fully saturated rings. The Morgan fingerprint density at radius 3 is 2.85 bits per heavy atom. The van der Waals surface area contributed by atoms with Crippen LogP contribution in [0.3, 0.4) is 0 Å². The molecular formula is C20H24N6. The largest absolute Gasteiger partial charge is 0.382 e. The van der Waals surface area contributed by atoms with Crippen LogP contribution in [0, 0.1) is 6.92 Å². The molecule has 134 valence electrons. The highest BCUT2D eigenvalue weighted by molar-refractivity contribution is 5.81. The first kappa shape index (κ1) is 15.6. The molecule has 0 saturated carbocycles. The third-order valence-electron chi connectivity index (χ3n) is 5.59. The van der Waals surface area contributed by atoms with Crippen LogP contribution in [0.4, 0.5) is 11.5 Å². The van der Waals surface area contributed by atoms with Crippen molar-refractivity contribution in [2.75, 3.05) is 36.8 Å². The Morgan fingerprint density at radius 2 is 1.96 bits per heavy atom. The Morgan fingerprint density at radius 1 is 1.08 bits per heavy atom. The molecule has 6 nitrogen and oxygen atoms in total. The van der Waals surface area contributed by atoms with Gasteiger partial charge < -0.3 is 15.5 Å². The number of piperidine rings is 1. The van der Waals surface area contributed by atoms with Crippen molar-refractivity contribution in [1.29, 1.82) is 0 Å². The number of anilines is 2. The van der Waals surface area contributed by atoms with E-state index in [4.69, 9.17) is 4.98 Å². The molecule has 3 aliphatic rings. The van der Waals surface area contributed by atoms with Crippen LogP contribution in [0.2, 0.25) is 0 Å². The zero-order valence-electron chi connectivity index (χ0n) is 15.1. The van der Waals surface area contributed by atoms with Crippen molar-refractivity contribution in [1.82, 2.24) is 19.5 Å². The highest BCUT2D eigenvalue weighted by Crippen LogP contribution is 2.30. The molecule has 3 aromatic rings. The minimum atomic E-state index is 0.547. The second-order valence-corrected chi connectivity index (χ2v) is 7.36. The van der Waals surface area contributed by atoms with Crippen molar-refractivity contribution in [3.8, 4) is 11.1 Å². The van der Waals surface area contributed by atoms with Crippen LogP contribution in [-0.2, 0) is 0 Å². The van der Waals surface area contributed by atoms with Crippen LogP contribution in [-0.4, -0.2) is 51.7 Å². The summed E-state index contributed by atoms with van der Waals surface area (Å²) in [6.45, 7) is 6.42. The molecule has 2 aromatic heterocycles. The van der Waals surface area contributed by atoms with E-state index < -0.39 is 0 Å². The van der Waals surface area contributed by atoms with Gasteiger partial charge in [-0.2, -0.15) is 5.10 Å². The summed E-state index contributed by atoms with van der Waals surface area (Å²) in [7, 11) is 0. The second-order valence-electron chi connectivity index (χ2n) is 7.36. The number of aromatic nitrogens is 3. The molecule has 6 rings (SSSR count). The fourth-order valence-corrected chi connectivity index (χ4v) is 4.04. The Hall–Kier alpha value is -2.60. The molecule has 0 amide bonds. The molecule has 3 aliphatic heterocycles. The summed E-state index contributed by atoms with van der Waals surface area (Å²) in [5.41, 5.74) is 5.60. The average Bonchev–Trinajstić information content (AvgIpc) is 3.07. The lowest BCUT2D eigenvalue weighted by atomic mass is 10.0. The van der Waals surface area contributed by atoms with Gasteiger partial charge in [-0.3, -0.25) is 0 Å². The first-order valence-corrected chi connectivity index (χ1v) is 9.44. The zero-order chi connectivity index (χ0) is 17.5. The smallest absolute Gasteiger partial charge is 0.165 e. The summed E-state index contributed by atoms with van der Waals surface area (Å²) < 4.78 is 1.85.